The first-order valence-corrected chi connectivity index (χ1v) is 2.41. The van der Waals surface area contributed by atoms with Gasteiger partial charge in [-0.3, -0.25) is 0 Å². The molecule has 0 aromatic rings. The Kier molecular flexibility index (Phi) is 67.8. The molecule has 0 aromatic carbocycles. The summed E-state index contributed by atoms with van der Waals surface area (Å²) in [5.41, 5.74) is 0. The first-order valence-electron chi connectivity index (χ1n) is 2.41. The lowest BCUT2D eigenvalue weighted by Crippen LogP contribution is -2.28. The van der Waals surface area contributed by atoms with Crippen molar-refractivity contribution >= 4 is 0 Å². The molecular formula is C11H33NO. The molecule has 13 heavy (non-hydrogen) atoms. The van der Waals surface area contributed by atoms with E-state index in [0.29, 0.717) is 0 Å². The predicted molar refractivity (Wildman–Crippen MR) is 68.3 cm³/mol. The van der Waals surface area contributed by atoms with Crippen molar-refractivity contribution in [2.45, 2.75) is 44.6 Å². The summed E-state index contributed by atoms with van der Waals surface area (Å²) in [5.74, 6) is 0.853. The fourth-order valence-corrected chi connectivity index (χ4v) is 0.546. The smallest absolute Gasteiger partial charge is 0.103 e. The van der Waals surface area contributed by atoms with Gasteiger partial charge in [-0.2, -0.15) is 0 Å². The molecule has 0 atom stereocenters. The molecular weight excluding hydrogens is 162 g/mol. The second-order valence-corrected chi connectivity index (χ2v) is 1.56. The fourth-order valence-electron chi connectivity index (χ4n) is 0.546. The number of nitrogens with one attached hydrogen (secondary N) is 1. The van der Waals surface area contributed by atoms with Crippen molar-refractivity contribution in [3.63, 3.8) is 0 Å². The highest BCUT2D eigenvalue weighted by Gasteiger charge is 1.99. The van der Waals surface area contributed by atoms with Crippen molar-refractivity contribution in [1.82, 2.24) is 5.32 Å². The Hall–Kier alpha value is -0.500. The van der Waals surface area contributed by atoms with E-state index >= 15 is 0 Å². The molecule has 0 saturated carbocycles. The second kappa shape index (κ2) is 22.5. The van der Waals surface area contributed by atoms with E-state index in [1.165, 1.54) is 0 Å². The Balaban J connectivity index is -0.0000000204. The lowest BCUT2D eigenvalue weighted by molar-refractivity contribution is 0.179. The molecule has 0 amide bonds. The third-order valence-electron chi connectivity index (χ3n) is 0.907. The van der Waals surface area contributed by atoms with Crippen LogP contribution in [0.4, 0.5) is 0 Å². The van der Waals surface area contributed by atoms with Crippen molar-refractivity contribution < 1.29 is 4.74 Å². The van der Waals surface area contributed by atoms with Crippen LogP contribution < -0.4 is 5.32 Å². The fraction of sp³-hybridized carbons (Fsp3) is 0.818. The largest absolute Gasteiger partial charge is 0.496 e. The minimum atomic E-state index is 0. The normalized spacial score (nSPS) is 11.5. The second-order valence-electron chi connectivity index (χ2n) is 1.56. The molecule has 1 fully saturated rings. The van der Waals surface area contributed by atoms with Gasteiger partial charge in [0, 0.05) is 6.54 Å². The molecule has 0 bridgehead atoms. The maximum absolute atomic E-state index is 5.02. The van der Waals surface area contributed by atoms with Gasteiger partial charge in [-0.15, -0.1) is 0 Å². The molecule has 0 spiro atoms. The van der Waals surface area contributed by atoms with Crippen molar-refractivity contribution in [1.29, 1.82) is 0 Å². The molecule has 1 N–H and O–H groups in total. The van der Waals surface area contributed by atoms with E-state index < -0.39 is 0 Å². The van der Waals surface area contributed by atoms with Gasteiger partial charge in [0.2, 0.25) is 0 Å². The molecule has 1 aliphatic rings. The van der Waals surface area contributed by atoms with E-state index in [2.05, 4.69) is 11.9 Å². The summed E-state index contributed by atoms with van der Waals surface area (Å²) < 4.78 is 5.02. The number of ether oxygens (including phenoxy) is 1. The van der Waals surface area contributed by atoms with Crippen LogP contribution in [0.5, 0.6) is 0 Å². The highest BCUT2D eigenvalue weighted by Crippen LogP contribution is 1.93. The Bertz CT molecular complexity index is 74.2. The molecule has 1 aliphatic heterocycles. The van der Waals surface area contributed by atoms with Gasteiger partial charge in [-0.05, 0) is 0 Å². The van der Waals surface area contributed by atoms with Crippen molar-refractivity contribution in [3.05, 3.63) is 12.3 Å². The van der Waals surface area contributed by atoms with Crippen molar-refractivity contribution in [2.75, 3.05) is 19.7 Å². The van der Waals surface area contributed by atoms with E-state index in [9.17, 15) is 0 Å². The standard InChI is InChI=1S/C5H9NO.6CH4/c1-5-4-6-2-3-7-5;;;;;;/h6H,1-4H2;6*1H4. The number of morpholine rings is 1. The Labute approximate surface area is 87.4 Å². The number of hydrogen-bond acceptors (Lipinski definition) is 2. The minimum Gasteiger partial charge on any atom is -0.496 e. The van der Waals surface area contributed by atoms with Crippen LogP contribution in [0.15, 0.2) is 12.3 Å². The average Bonchev–Trinajstić information content (AvgIpc) is 1.69. The quantitative estimate of drug-likeness (QED) is 0.632. The van der Waals surface area contributed by atoms with Crippen LogP contribution in [0.25, 0.3) is 0 Å². The van der Waals surface area contributed by atoms with Gasteiger partial charge >= 0.3 is 0 Å². The summed E-state index contributed by atoms with van der Waals surface area (Å²) >= 11 is 0. The topological polar surface area (TPSA) is 21.3 Å². The van der Waals surface area contributed by atoms with E-state index in [1.807, 2.05) is 0 Å². The lowest BCUT2D eigenvalue weighted by Gasteiger charge is -2.15. The van der Waals surface area contributed by atoms with Gasteiger partial charge in [0.25, 0.3) is 0 Å². The minimum absolute atomic E-state index is 0. The van der Waals surface area contributed by atoms with Crippen molar-refractivity contribution in [3.8, 4) is 0 Å². The third kappa shape index (κ3) is 18.5. The van der Waals surface area contributed by atoms with Gasteiger partial charge in [-0.25, -0.2) is 0 Å². The summed E-state index contributed by atoms with van der Waals surface area (Å²) in [6.45, 7) is 6.18. The van der Waals surface area contributed by atoms with E-state index in [-0.39, 0.29) is 44.6 Å². The number of rotatable bonds is 0. The molecule has 0 radical (unpaired) electrons. The van der Waals surface area contributed by atoms with Crippen LogP contribution in [0, 0.1) is 0 Å². The van der Waals surface area contributed by atoms with Gasteiger partial charge in [0.15, 0.2) is 0 Å². The van der Waals surface area contributed by atoms with Gasteiger partial charge < -0.3 is 10.1 Å². The molecule has 1 heterocycles. The third-order valence-corrected chi connectivity index (χ3v) is 0.907. The van der Waals surface area contributed by atoms with Crippen LogP contribution in [0.2, 0.25) is 0 Å². The molecule has 2 nitrogen and oxygen atoms in total. The average molecular weight is 195 g/mol. The highest BCUT2D eigenvalue weighted by atomic mass is 16.5. The summed E-state index contributed by atoms with van der Waals surface area (Å²) in [5, 5.41) is 3.11. The first-order chi connectivity index (χ1) is 3.39. The zero-order chi connectivity index (χ0) is 5.11. The molecule has 0 unspecified atom stereocenters. The summed E-state index contributed by atoms with van der Waals surface area (Å²) in [4.78, 5) is 0. The van der Waals surface area contributed by atoms with Crippen molar-refractivity contribution in [2.24, 2.45) is 0 Å². The maximum Gasteiger partial charge on any atom is 0.103 e. The zero-order valence-electron chi connectivity index (χ0n) is 4.24. The molecule has 88 valence electrons. The molecule has 1 rings (SSSR count). The molecule has 0 aliphatic carbocycles. The monoisotopic (exact) mass is 195 g/mol. The van der Waals surface area contributed by atoms with Crippen LogP contribution in [-0.2, 0) is 4.74 Å². The lowest BCUT2D eigenvalue weighted by atomic mass is 10.5. The first kappa shape index (κ1) is 39.1. The van der Waals surface area contributed by atoms with Gasteiger partial charge in [-0.1, -0.05) is 51.1 Å². The van der Waals surface area contributed by atoms with Crippen LogP contribution in [0.1, 0.15) is 44.6 Å². The van der Waals surface area contributed by atoms with E-state index in [4.69, 9.17) is 4.74 Å². The van der Waals surface area contributed by atoms with Crippen LogP contribution in [-0.4, -0.2) is 19.7 Å². The van der Waals surface area contributed by atoms with E-state index in [1.54, 1.807) is 0 Å². The van der Waals surface area contributed by atoms with Gasteiger partial charge in [0.05, 0.1) is 6.54 Å². The number of hydrogen-bond donors (Lipinski definition) is 1. The Morgan fingerprint density at radius 2 is 1.46 bits per heavy atom. The van der Waals surface area contributed by atoms with Crippen LogP contribution >= 0.6 is 0 Å². The SMILES string of the molecule is C.C.C.C.C.C.C=C1CNCCO1. The summed E-state index contributed by atoms with van der Waals surface area (Å²) in [6, 6.07) is 0. The highest BCUT2D eigenvalue weighted by molar-refractivity contribution is 4.87. The molecule has 2 heteroatoms. The zero-order valence-corrected chi connectivity index (χ0v) is 4.24. The predicted octanol–water partition coefficient (Wildman–Crippen LogP) is 3.94. The Morgan fingerprint density at radius 1 is 1.00 bits per heavy atom. The molecule has 1 saturated heterocycles. The maximum atomic E-state index is 5.02. The summed E-state index contributed by atoms with van der Waals surface area (Å²) in [7, 11) is 0. The summed E-state index contributed by atoms with van der Waals surface area (Å²) in [6.07, 6.45) is 0. The van der Waals surface area contributed by atoms with E-state index in [0.717, 1.165) is 25.5 Å². The van der Waals surface area contributed by atoms with Crippen LogP contribution in [0.3, 0.4) is 0 Å². The Morgan fingerprint density at radius 3 is 1.62 bits per heavy atom. The van der Waals surface area contributed by atoms with Gasteiger partial charge in [0.1, 0.15) is 12.4 Å². The molecule has 0 aromatic heterocycles.